The fourth-order valence-electron chi connectivity index (χ4n) is 4.26. The summed E-state index contributed by atoms with van der Waals surface area (Å²) in [4.78, 5) is 24.6. The van der Waals surface area contributed by atoms with E-state index in [9.17, 15) is 31.1 Å². The molecule has 1 aliphatic rings. The van der Waals surface area contributed by atoms with Gasteiger partial charge in [0.15, 0.2) is 23.3 Å². The zero-order chi connectivity index (χ0) is 28.6. The minimum atomic E-state index is -4.62. The molecule has 40 heavy (non-hydrogen) atoms. The lowest BCUT2D eigenvalue weighted by molar-refractivity contribution is -0.147. The quantitative estimate of drug-likeness (QED) is 0.185. The molecule has 0 atom stereocenters. The molecule has 4 aromatic rings. The number of ether oxygens (including phenoxy) is 1. The zero-order valence-corrected chi connectivity index (χ0v) is 21.7. The fourth-order valence-corrected chi connectivity index (χ4v) is 5.37. The average Bonchev–Trinajstić information content (AvgIpc) is 3.52. The lowest BCUT2D eigenvalue weighted by atomic mass is 10.2. The molecule has 0 saturated heterocycles. The van der Waals surface area contributed by atoms with Crippen molar-refractivity contribution in [2.75, 3.05) is 24.6 Å². The molecule has 3 aromatic heterocycles. The molecule has 4 heterocycles. The lowest BCUT2D eigenvalue weighted by Crippen LogP contribution is -2.36. The summed E-state index contributed by atoms with van der Waals surface area (Å²) < 4.78 is 86.5. The van der Waals surface area contributed by atoms with Gasteiger partial charge in [-0.05, 0) is 24.6 Å². The highest BCUT2D eigenvalue weighted by molar-refractivity contribution is 7.18. The van der Waals surface area contributed by atoms with E-state index in [0.29, 0.717) is 22.8 Å². The predicted molar refractivity (Wildman–Crippen MR) is 132 cm³/mol. The molecule has 0 radical (unpaired) electrons. The zero-order valence-electron chi connectivity index (χ0n) is 20.9. The summed E-state index contributed by atoms with van der Waals surface area (Å²) in [5.41, 5.74) is -0.398. The molecule has 0 fully saturated rings. The van der Waals surface area contributed by atoms with Crippen molar-refractivity contribution in [2.24, 2.45) is 0 Å². The Bertz CT molecular complexity index is 1550. The Kier molecular flexibility index (Phi) is 7.53. The van der Waals surface area contributed by atoms with Gasteiger partial charge in [0.05, 0.1) is 18.5 Å². The van der Waals surface area contributed by atoms with Gasteiger partial charge in [0.1, 0.15) is 17.3 Å². The molecule has 1 N–H and O–H groups in total. The minimum Gasteiger partial charge on any atom is -0.462 e. The van der Waals surface area contributed by atoms with Crippen molar-refractivity contribution >= 4 is 33.3 Å². The molecule has 1 aromatic carbocycles. The second-order valence-electron chi connectivity index (χ2n) is 8.88. The highest BCUT2D eigenvalue weighted by Gasteiger charge is 2.39. The van der Waals surface area contributed by atoms with E-state index in [1.54, 1.807) is 4.90 Å². The number of amides is 1. The lowest BCUT2D eigenvalue weighted by Gasteiger charge is -2.29. The van der Waals surface area contributed by atoms with E-state index in [0.717, 1.165) is 27.7 Å². The van der Waals surface area contributed by atoms with Crippen LogP contribution in [0.4, 0.5) is 32.2 Å². The number of benzene rings is 1. The number of nitrogens with one attached hydrogen (secondary N) is 1. The van der Waals surface area contributed by atoms with E-state index in [4.69, 9.17) is 4.74 Å². The summed E-state index contributed by atoms with van der Waals surface area (Å²) in [6.45, 7) is 2.08. The molecule has 0 spiro atoms. The Balaban J connectivity index is 1.33. The molecule has 1 aliphatic heterocycles. The minimum absolute atomic E-state index is 0.00141. The summed E-state index contributed by atoms with van der Waals surface area (Å²) in [6, 6.07) is 3.09. The number of thiophene rings is 1. The van der Waals surface area contributed by atoms with Crippen LogP contribution < -0.4 is 15.0 Å². The molecule has 9 nitrogen and oxygen atoms in total. The predicted octanol–water partition coefficient (Wildman–Crippen LogP) is 4.50. The maximum absolute atomic E-state index is 13.4. The van der Waals surface area contributed by atoms with Crippen molar-refractivity contribution in [3.05, 3.63) is 57.7 Å². The standard InChI is InChI=1S/C24H21F6N7O2S/c1-2-3-13-10-14-19(36-5-6-37-17(11-36)34-35-22(37)24(28,29)30)32-23(33-21(14)40-13)39-7-4-31-20(38)12-8-15(25)18(27)16(26)9-12/h8-10H,2-7,11H2,1H3,(H,31,38). The Morgan fingerprint density at radius 1 is 1.10 bits per heavy atom. The van der Waals surface area contributed by atoms with Gasteiger partial charge >= 0.3 is 12.2 Å². The van der Waals surface area contributed by atoms with Crippen LogP contribution in [0.15, 0.2) is 18.2 Å². The van der Waals surface area contributed by atoms with Crippen LogP contribution in [0.2, 0.25) is 0 Å². The van der Waals surface area contributed by atoms with Crippen LogP contribution in [0, 0.1) is 17.5 Å². The van der Waals surface area contributed by atoms with E-state index in [-0.39, 0.29) is 44.6 Å². The Hall–Kier alpha value is -3.95. The highest BCUT2D eigenvalue weighted by Crippen LogP contribution is 2.36. The molecule has 0 unspecified atom stereocenters. The molecule has 5 rings (SSSR count). The number of alkyl halides is 3. The molecule has 1 amide bonds. The van der Waals surface area contributed by atoms with Gasteiger partial charge in [-0.25, -0.2) is 13.2 Å². The van der Waals surface area contributed by atoms with Crippen molar-refractivity contribution in [2.45, 2.75) is 39.0 Å². The Morgan fingerprint density at radius 2 is 1.85 bits per heavy atom. The maximum atomic E-state index is 13.4. The number of anilines is 1. The first-order valence-corrected chi connectivity index (χ1v) is 13.0. The molecular formula is C24H21F6N7O2S. The second-order valence-corrected chi connectivity index (χ2v) is 10.00. The first kappa shape index (κ1) is 27.6. The Morgan fingerprint density at radius 3 is 2.55 bits per heavy atom. The number of hydrogen-bond donors (Lipinski definition) is 1. The van der Waals surface area contributed by atoms with Crippen LogP contribution in [0.1, 0.15) is 40.2 Å². The van der Waals surface area contributed by atoms with Gasteiger partial charge in [-0.15, -0.1) is 21.5 Å². The van der Waals surface area contributed by atoms with E-state index in [2.05, 4.69) is 25.5 Å². The number of carbonyl (C=O) groups excluding carboxylic acids is 1. The van der Waals surface area contributed by atoms with E-state index >= 15 is 0 Å². The van der Waals surface area contributed by atoms with Crippen molar-refractivity contribution in [1.29, 1.82) is 0 Å². The van der Waals surface area contributed by atoms with Crippen LogP contribution in [0.3, 0.4) is 0 Å². The second kappa shape index (κ2) is 10.9. The third-order valence-corrected chi connectivity index (χ3v) is 7.16. The number of fused-ring (bicyclic) bond motifs is 2. The fraction of sp³-hybridized carbons (Fsp3) is 0.375. The van der Waals surface area contributed by atoms with E-state index in [1.807, 2.05) is 13.0 Å². The molecule has 0 saturated carbocycles. The topological polar surface area (TPSA) is 98.1 Å². The molecule has 16 heteroatoms. The third kappa shape index (κ3) is 5.52. The summed E-state index contributed by atoms with van der Waals surface area (Å²) in [7, 11) is 0. The van der Waals surface area contributed by atoms with Gasteiger partial charge < -0.3 is 19.5 Å². The third-order valence-electron chi connectivity index (χ3n) is 6.07. The van der Waals surface area contributed by atoms with Crippen LogP contribution in [0.5, 0.6) is 6.01 Å². The molecule has 0 aliphatic carbocycles. The first-order chi connectivity index (χ1) is 19.0. The SMILES string of the molecule is CCCc1cc2c(N3CCn4c(nnc4C(F)(F)F)C3)nc(OCCNC(=O)c3cc(F)c(F)c(F)c3)nc2s1. The number of aromatic nitrogens is 5. The van der Waals surface area contributed by atoms with Crippen LogP contribution >= 0.6 is 11.3 Å². The molecule has 212 valence electrons. The van der Waals surface area contributed by atoms with Gasteiger partial charge in [0, 0.05) is 23.5 Å². The van der Waals surface area contributed by atoms with Gasteiger partial charge in [0.25, 0.3) is 5.91 Å². The number of rotatable bonds is 8. The summed E-state index contributed by atoms with van der Waals surface area (Å²) >= 11 is 1.44. The van der Waals surface area contributed by atoms with Crippen molar-refractivity contribution in [3.63, 3.8) is 0 Å². The Labute approximate surface area is 226 Å². The normalized spacial score (nSPS) is 13.5. The largest absolute Gasteiger partial charge is 0.462 e. The van der Waals surface area contributed by atoms with Gasteiger partial charge in [-0.3, -0.25) is 4.79 Å². The number of nitrogens with zero attached hydrogens (tertiary/aromatic N) is 6. The van der Waals surface area contributed by atoms with E-state index < -0.39 is 40.9 Å². The number of hydrogen-bond acceptors (Lipinski definition) is 8. The first-order valence-electron chi connectivity index (χ1n) is 12.2. The van der Waals surface area contributed by atoms with Gasteiger partial charge in [-0.2, -0.15) is 23.1 Å². The van der Waals surface area contributed by atoms with Gasteiger partial charge in [-0.1, -0.05) is 13.3 Å². The average molecular weight is 586 g/mol. The summed E-state index contributed by atoms with van der Waals surface area (Å²) in [6.07, 6.45) is -2.92. The van der Waals surface area contributed by atoms with Gasteiger partial charge in [0.2, 0.25) is 5.82 Å². The summed E-state index contributed by atoms with van der Waals surface area (Å²) in [5.74, 6) is -5.92. The monoisotopic (exact) mass is 585 g/mol. The van der Waals surface area contributed by atoms with Crippen LogP contribution in [-0.4, -0.2) is 50.3 Å². The smallest absolute Gasteiger partial charge is 0.451 e. The van der Waals surface area contributed by atoms with E-state index in [1.165, 1.54) is 11.3 Å². The molecule has 0 bridgehead atoms. The van der Waals surface area contributed by atoms with Crippen LogP contribution in [0.25, 0.3) is 10.2 Å². The maximum Gasteiger partial charge on any atom is 0.451 e. The molecular weight excluding hydrogens is 564 g/mol. The summed E-state index contributed by atoms with van der Waals surface area (Å²) in [5, 5.41) is 10.2. The highest BCUT2D eigenvalue weighted by atomic mass is 32.1. The van der Waals surface area contributed by atoms with Crippen molar-refractivity contribution in [3.8, 4) is 6.01 Å². The van der Waals surface area contributed by atoms with Crippen molar-refractivity contribution < 1.29 is 35.9 Å². The number of carbonyl (C=O) groups is 1. The van der Waals surface area contributed by atoms with Crippen molar-refractivity contribution in [1.82, 2.24) is 30.0 Å². The number of aryl methyl sites for hydroxylation is 1. The van der Waals surface area contributed by atoms with Crippen LogP contribution in [-0.2, 0) is 25.7 Å². The number of halogens is 6.